The molecule has 6 nitrogen and oxygen atoms in total. The standard InChI is InChI=1S/C11H19N3O3/c1-14-5-2-8(6-14)13-10(17)12-7-11(3-4-11)9(15)16/h8H,2-7H2,1H3,(H,15,16)(H2,12,13,17). The van der Waals surface area contributed by atoms with Gasteiger partial charge in [-0.05, 0) is 32.9 Å². The molecule has 1 unspecified atom stereocenters. The number of hydrogen-bond donors (Lipinski definition) is 3. The first-order valence-corrected chi connectivity index (χ1v) is 5.98. The minimum Gasteiger partial charge on any atom is -0.481 e. The lowest BCUT2D eigenvalue weighted by Crippen LogP contribution is -2.45. The van der Waals surface area contributed by atoms with Gasteiger partial charge in [0.2, 0.25) is 0 Å². The number of nitrogens with zero attached hydrogens (tertiary/aromatic N) is 1. The number of carbonyl (C=O) groups excluding carboxylic acids is 1. The number of rotatable bonds is 4. The van der Waals surface area contributed by atoms with Crippen LogP contribution in [0.3, 0.4) is 0 Å². The van der Waals surface area contributed by atoms with Gasteiger partial charge in [-0.25, -0.2) is 4.79 Å². The van der Waals surface area contributed by atoms with Crippen LogP contribution in [0.15, 0.2) is 0 Å². The molecule has 2 fully saturated rings. The number of likely N-dealkylation sites (N-methyl/N-ethyl adjacent to an activating group) is 1. The Hall–Kier alpha value is -1.30. The third-order valence-corrected chi connectivity index (χ3v) is 3.62. The minimum atomic E-state index is -0.807. The summed E-state index contributed by atoms with van der Waals surface area (Å²) >= 11 is 0. The van der Waals surface area contributed by atoms with Crippen LogP contribution in [0.5, 0.6) is 0 Å². The van der Waals surface area contributed by atoms with Crippen LogP contribution in [0.25, 0.3) is 0 Å². The van der Waals surface area contributed by atoms with Crippen molar-refractivity contribution in [1.29, 1.82) is 0 Å². The molecule has 2 rings (SSSR count). The Kier molecular flexibility index (Phi) is 3.24. The fraction of sp³-hybridized carbons (Fsp3) is 0.818. The Bertz CT molecular complexity index is 328. The van der Waals surface area contributed by atoms with Gasteiger partial charge >= 0.3 is 12.0 Å². The lowest BCUT2D eigenvalue weighted by Gasteiger charge is -2.15. The van der Waals surface area contributed by atoms with E-state index < -0.39 is 11.4 Å². The normalized spacial score (nSPS) is 26.5. The second-order valence-corrected chi connectivity index (χ2v) is 5.16. The number of nitrogens with one attached hydrogen (secondary N) is 2. The van der Waals surface area contributed by atoms with Gasteiger partial charge in [-0.2, -0.15) is 0 Å². The van der Waals surface area contributed by atoms with Gasteiger partial charge in [0.25, 0.3) is 0 Å². The van der Waals surface area contributed by atoms with E-state index in [0.717, 1.165) is 19.5 Å². The van der Waals surface area contributed by atoms with Crippen molar-refractivity contribution in [2.24, 2.45) is 5.41 Å². The molecule has 2 amide bonds. The van der Waals surface area contributed by atoms with E-state index in [2.05, 4.69) is 15.5 Å². The highest BCUT2D eigenvalue weighted by molar-refractivity contribution is 5.80. The van der Waals surface area contributed by atoms with Gasteiger partial charge in [0.15, 0.2) is 0 Å². The van der Waals surface area contributed by atoms with Crippen molar-refractivity contribution >= 4 is 12.0 Å². The number of carboxylic acids is 1. The predicted molar refractivity (Wildman–Crippen MR) is 61.7 cm³/mol. The van der Waals surface area contributed by atoms with E-state index in [9.17, 15) is 9.59 Å². The summed E-state index contributed by atoms with van der Waals surface area (Å²) in [6, 6.07) is -0.0715. The molecular weight excluding hydrogens is 222 g/mol. The molecule has 0 bridgehead atoms. The first kappa shape index (κ1) is 12.2. The van der Waals surface area contributed by atoms with Crippen LogP contribution in [-0.2, 0) is 4.79 Å². The number of likely N-dealkylation sites (tertiary alicyclic amines) is 1. The fourth-order valence-corrected chi connectivity index (χ4v) is 2.16. The number of hydrogen-bond acceptors (Lipinski definition) is 3. The Balaban J connectivity index is 1.69. The largest absolute Gasteiger partial charge is 0.481 e. The highest BCUT2D eigenvalue weighted by atomic mass is 16.4. The van der Waals surface area contributed by atoms with Crippen LogP contribution in [0.4, 0.5) is 4.79 Å². The highest BCUT2D eigenvalue weighted by Crippen LogP contribution is 2.45. The number of urea groups is 1. The summed E-state index contributed by atoms with van der Waals surface area (Å²) in [5, 5.41) is 14.5. The summed E-state index contributed by atoms with van der Waals surface area (Å²) in [7, 11) is 2.02. The smallest absolute Gasteiger partial charge is 0.315 e. The Morgan fingerprint density at radius 3 is 2.65 bits per heavy atom. The number of carboxylic acid groups (broad SMARTS) is 1. The van der Waals surface area contributed by atoms with Crippen molar-refractivity contribution in [1.82, 2.24) is 15.5 Å². The zero-order chi connectivity index (χ0) is 12.5. The number of aliphatic carboxylic acids is 1. The van der Waals surface area contributed by atoms with Crippen LogP contribution >= 0.6 is 0 Å². The van der Waals surface area contributed by atoms with Gasteiger partial charge in [0, 0.05) is 19.1 Å². The van der Waals surface area contributed by atoms with Crippen molar-refractivity contribution in [3.63, 3.8) is 0 Å². The van der Waals surface area contributed by atoms with E-state index in [4.69, 9.17) is 5.11 Å². The maximum Gasteiger partial charge on any atom is 0.315 e. The molecule has 0 spiro atoms. The zero-order valence-corrected chi connectivity index (χ0v) is 10.0. The van der Waals surface area contributed by atoms with E-state index in [1.165, 1.54) is 0 Å². The van der Waals surface area contributed by atoms with Crippen LogP contribution in [-0.4, -0.2) is 54.7 Å². The molecule has 1 heterocycles. The number of carbonyl (C=O) groups is 2. The molecule has 1 saturated carbocycles. The molecule has 0 radical (unpaired) electrons. The summed E-state index contributed by atoms with van der Waals surface area (Å²) in [4.78, 5) is 24.6. The van der Waals surface area contributed by atoms with E-state index in [-0.39, 0.29) is 18.6 Å². The average molecular weight is 241 g/mol. The van der Waals surface area contributed by atoms with E-state index >= 15 is 0 Å². The zero-order valence-electron chi connectivity index (χ0n) is 10.0. The third-order valence-electron chi connectivity index (χ3n) is 3.62. The second-order valence-electron chi connectivity index (χ2n) is 5.16. The maximum atomic E-state index is 11.6. The Morgan fingerprint density at radius 1 is 1.47 bits per heavy atom. The molecule has 1 saturated heterocycles. The van der Waals surface area contributed by atoms with Gasteiger partial charge in [-0.3, -0.25) is 4.79 Å². The van der Waals surface area contributed by atoms with Gasteiger partial charge in [0.05, 0.1) is 5.41 Å². The van der Waals surface area contributed by atoms with Crippen LogP contribution in [0, 0.1) is 5.41 Å². The van der Waals surface area contributed by atoms with Crippen LogP contribution in [0.1, 0.15) is 19.3 Å². The first-order chi connectivity index (χ1) is 8.02. The van der Waals surface area contributed by atoms with Crippen molar-refractivity contribution in [2.45, 2.75) is 25.3 Å². The minimum absolute atomic E-state index is 0.181. The van der Waals surface area contributed by atoms with Crippen molar-refractivity contribution in [2.75, 3.05) is 26.7 Å². The molecule has 1 aliphatic heterocycles. The highest BCUT2D eigenvalue weighted by Gasteiger charge is 2.50. The van der Waals surface area contributed by atoms with Crippen molar-refractivity contribution in [3.05, 3.63) is 0 Å². The molecule has 1 aliphatic carbocycles. The molecule has 6 heteroatoms. The van der Waals surface area contributed by atoms with Crippen molar-refractivity contribution in [3.8, 4) is 0 Å². The summed E-state index contributed by atoms with van der Waals surface area (Å²) in [6.07, 6.45) is 2.28. The molecule has 1 atom stereocenters. The van der Waals surface area contributed by atoms with Crippen molar-refractivity contribution < 1.29 is 14.7 Å². The fourth-order valence-electron chi connectivity index (χ4n) is 2.16. The van der Waals surface area contributed by atoms with Gasteiger partial charge < -0.3 is 20.6 Å². The van der Waals surface area contributed by atoms with Gasteiger partial charge in [-0.1, -0.05) is 0 Å². The van der Waals surface area contributed by atoms with Crippen LogP contribution in [0.2, 0.25) is 0 Å². The van der Waals surface area contributed by atoms with E-state index in [1.54, 1.807) is 0 Å². The molecule has 2 aliphatic rings. The lowest BCUT2D eigenvalue weighted by molar-refractivity contribution is -0.143. The Labute approximate surface area is 100 Å². The topological polar surface area (TPSA) is 81.7 Å². The molecule has 0 aromatic rings. The summed E-state index contributed by atoms with van der Waals surface area (Å²) in [6.45, 7) is 2.08. The summed E-state index contributed by atoms with van der Waals surface area (Å²) in [5.74, 6) is -0.807. The molecule has 0 aromatic carbocycles. The van der Waals surface area contributed by atoms with E-state index in [0.29, 0.717) is 12.8 Å². The Morgan fingerprint density at radius 2 is 2.18 bits per heavy atom. The summed E-state index contributed by atoms with van der Waals surface area (Å²) < 4.78 is 0. The predicted octanol–water partition coefficient (Wildman–Crippen LogP) is -0.145. The molecular formula is C11H19N3O3. The SMILES string of the molecule is CN1CCC(NC(=O)NCC2(C(=O)O)CC2)C1. The second kappa shape index (κ2) is 4.52. The van der Waals surface area contributed by atoms with E-state index in [1.807, 2.05) is 7.05 Å². The first-order valence-electron chi connectivity index (χ1n) is 5.98. The molecule has 0 aromatic heterocycles. The van der Waals surface area contributed by atoms with Gasteiger partial charge in [-0.15, -0.1) is 0 Å². The molecule has 3 N–H and O–H groups in total. The van der Waals surface area contributed by atoms with Crippen LogP contribution < -0.4 is 10.6 Å². The molecule has 96 valence electrons. The quantitative estimate of drug-likeness (QED) is 0.639. The summed E-state index contributed by atoms with van der Waals surface area (Å²) in [5.41, 5.74) is -0.691. The monoisotopic (exact) mass is 241 g/mol. The third kappa shape index (κ3) is 2.88. The maximum absolute atomic E-state index is 11.6. The van der Waals surface area contributed by atoms with Gasteiger partial charge in [0.1, 0.15) is 0 Å². The average Bonchev–Trinajstić information content (AvgIpc) is 2.96. The number of amides is 2. The lowest BCUT2D eigenvalue weighted by atomic mass is 10.1. The molecule has 17 heavy (non-hydrogen) atoms.